The number of carbonyl (C=O) groups excluding carboxylic acids is 1. The first kappa shape index (κ1) is 26.5. The zero-order valence-corrected chi connectivity index (χ0v) is 20.7. The summed E-state index contributed by atoms with van der Waals surface area (Å²) in [5.74, 6) is -0.590. The van der Waals surface area contributed by atoms with E-state index in [2.05, 4.69) is 23.8 Å². The minimum absolute atomic E-state index is 0.328. The van der Waals surface area contributed by atoms with Crippen LogP contribution < -0.4 is 22.1 Å². The summed E-state index contributed by atoms with van der Waals surface area (Å²) >= 11 is 0. The van der Waals surface area contributed by atoms with Crippen molar-refractivity contribution in [2.45, 2.75) is 46.7 Å². The normalized spacial score (nSPS) is 15.6. The van der Waals surface area contributed by atoms with Gasteiger partial charge in [0.1, 0.15) is 6.07 Å². The molecule has 0 saturated carbocycles. The fraction of sp³-hybridized carbons (Fsp3) is 0.296. The van der Waals surface area contributed by atoms with Crippen molar-refractivity contribution < 1.29 is 4.79 Å². The van der Waals surface area contributed by atoms with Crippen molar-refractivity contribution >= 4 is 17.2 Å². The second kappa shape index (κ2) is 10.9. The van der Waals surface area contributed by atoms with Crippen molar-refractivity contribution in [2.24, 2.45) is 16.5 Å². The lowest BCUT2D eigenvalue weighted by Crippen LogP contribution is -2.46. The molecule has 1 aliphatic carbocycles. The molecule has 7 heteroatoms. The molecule has 178 valence electrons. The van der Waals surface area contributed by atoms with Crippen LogP contribution in [0.4, 0.5) is 5.69 Å². The Morgan fingerprint density at radius 1 is 1.24 bits per heavy atom. The lowest BCUT2D eigenvalue weighted by atomic mass is 9.90. The SMILES string of the molecule is C=C1C(=C)C(Nc2cccc(CNC(C)(C)C(/C=C(\C)C(=O)C#N)=N\C(C)=C(\C)CN)c2)=C1N. The third-order valence-electron chi connectivity index (χ3n) is 5.86. The van der Waals surface area contributed by atoms with Crippen LogP contribution in [-0.2, 0) is 11.3 Å². The number of benzene rings is 1. The van der Waals surface area contributed by atoms with Gasteiger partial charge >= 0.3 is 0 Å². The number of nitrogens with two attached hydrogens (primary N) is 2. The predicted octanol–water partition coefficient (Wildman–Crippen LogP) is 4.00. The van der Waals surface area contributed by atoms with E-state index in [0.717, 1.165) is 39.4 Å². The first-order valence-corrected chi connectivity index (χ1v) is 11.0. The Kier molecular flexibility index (Phi) is 8.52. The molecule has 0 amide bonds. The molecule has 7 nitrogen and oxygen atoms in total. The number of nitriles is 1. The van der Waals surface area contributed by atoms with Gasteiger partial charge in [-0.2, -0.15) is 5.26 Å². The van der Waals surface area contributed by atoms with Crippen LogP contribution in [-0.4, -0.2) is 23.6 Å². The van der Waals surface area contributed by atoms with Crippen LogP contribution in [0.5, 0.6) is 0 Å². The lowest BCUT2D eigenvalue weighted by molar-refractivity contribution is -0.110. The van der Waals surface area contributed by atoms with Crippen molar-refractivity contribution in [1.29, 1.82) is 5.26 Å². The number of nitrogens with zero attached hydrogens (tertiary/aromatic N) is 2. The van der Waals surface area contributed by atoms with Crippen molar-refractivity contribution in [3.05, 3.63) is 88.4 Å². The Bertz CT molecular complexity index is 1190. The molecule has 0 bridgehead atoms. The maximum absolute atomic E-state index is 11.9. The van der Waals surface area contributed by atoms with Gasteiger partial charge in [-0.25, -0.2) is 0 Å². The number of hydrogen-bond donors (Lipinski definition) is 4. The highest BCUT2D eigenvalue weighted by Crippen LogP contribution is 2.34. The van der Waals surface area contributed by atoms with Gasteiger partial charge in [-0.05, 0) is 64.0 Å². The van der Waals surface area contributed by atoms with Gasteiger partial charge in [0.25, 0.3) is 5.78 Å². The maximum atomic E-state index is 11.9. The molecule has 0 heterocycles. The van der Waals surface area contributed by atoms with E-state index in [-0.39, 0.29) is 0 Å². The number of Topliss-reactive ketones (excluding diaryl/α,β-unsaturated/α-hetero) is 1. The summed E-state index contributed by atoms with van der Waals surface area (Å²) in [6.07, 6.45) is 1.66. The van der Waals surface area contributed by atoms with Gasteiger partial charge in [0, 0.05) is 41.2 Å². The second-order valence-corrected chi connectivity index (χ2v) is 8.88. The quantitative estimate of drug-likeness (QED) is 0.238. The van der Waals surface area contributed by atoms with E-state index in [0.29, 0.717) is 30.1 Å². The average molecular weight is 459 g/mol. The van der Waals surface area contributed by atoms with Gasteiger partial charge < -0.3 is 22.1 Å². The highest BCUT2D eigenvalue weighted by Gasteiger charge is 2.25. The summed E-state index contributed by atoms with van der Waals surface area (Å²) in [4.78, 5) is 16.6. The van der Waals surface area contributed by atoms with Gasteiger partial charge in [0.05, 0.1) is 22.6 Å². The molecule has 1 aromatic carbocycles. The average Bonchev–Trinajstić information content (AvgIpc) is 2.83. The van der Waals surface area contributed by atoms with Gasteiger partial charge in [0.2, 0.25) is 0 Å². The first-order valence-electron chi connectivity index (χ1n) is 11.0. The number of ketones is 1. The molecule has 2 rings (SSSR count). The molecule has 0 spiro atoms. The fourth-order valence-electron chi connectivity index (χ4n) is 3.16. The molecule has 0 unspecified atom stereocenters. The van der Waals surface area contributed by atoms with Gasteiger partial charge in [-0.1, -0.05) is 25.3 Å². The van der Waals surface area contributed by atoms with Crippen LogP contribution in [0, 0.1) is 11.3 Å². The van der Waals surface area contributed by atoms with E-state index < -0.39 is 11.3 Å². The minimum atomic E-state index is -0.608. The topological polar surface area (TPSA) is 129 Å². The minimum Gasteiger partial charge on any atom is -0.397 e. The smallest absolute Gasteiger partial charge is 0.257 e. The fourth-order valence-corrected chi connectivity index (χ4v) is 3.16. The molecule has 1 aliphatic rings. The van der Waals surface area contributed by atoms with Crippen LogP contribution in [0.3, 0.4) is 0 Å². The number of hydrogen-bond acceptors (Lipinski definition) is 7. The van der Waals surface area contributed by atoms with E-state index in [4.69, 9.17) is 21.7 Å². The Hall–Kier alpha value is -3.73. The van der Waals surface area contributed by atoms with E-state index >= 15 is 0 Å². The van der Waals surface area contributed by atoms with Gasteiger partial charge in [0.15, 0.2) is 0 Å². The zero-order chi connectivity index (χ0) is 25.6. The van der Waals surface area contributed by atoms with E-state index in [1.165, 1.54) is 0 Å². The number of carbonyl (C=O) groups is 1. The monoisotopic (exact) mass is 458 g/mol. The van der Waals surface area contributed by atoms with Crippen LogP contribution in [0.2, 0.25) is 0 Å². The van der Waals surface area contributed by atoms with Crippen molar-refractivity contribution in [1.82, 2.24) is 5.32 Å². The molecule has 0 aromatic heterocycles. The number of allylic oxidation sites excluding steroid dienone is 4. The number of nitrogens with one attached hydrogen (secondary N) is 2. The molecule has 1 aromatic rings. The van der Waals surface area contributed by atoms with E-state index in [1.807, 2.05) is 52.0 Å². The molecular formula is C27H34N6O. The standard InChI is InChI=1S/C27H34N6O/c1-16(23(34)14-29)11-24(32-20(5)17(2)13-28)27(6,7)31-15-21-9-8-10-22(12-21)33-26-19(4)18(3)25(26)30/h8-12,31,33H,3-4,13,15,28,30H2,1-2,5-7H3/b16-11+,20-17-,32-24-. The summed E-state index contributed by atoms with van der Waals surface area (Å²) in [6.45, 7) is 18.2. The molecule has 0 atom stereocenters. The zero-order valence-electron chi connectivity index (χ0n) is 20.7. The Morgan fingerprint density at radius 3 is 2.50 bits per heavy atom. The lowest BCUT2D eigenvalue weighted by Gasteiger charge is -2.28. The highest BCUT2D eigenvalue weighted by atomic mass is 16.1. The molecule has 0 radical (unpaired) electrons. The summed E-state index contributed by atoms with van der Waals surface area (Å²) in [5.41, 5.74) is 18.8. The maximum Gasteiger partial charge on any atom is 0.257 e. The number of aliphatic imine (C=N–C) groups is 1. The van der Waals surface area contributed by atoms with Crippen molar-refractivity contribution in [3.63, 3.8) is 0 Å². The van der Waals surface area contributed by atoms with Gasteiger partial charge in [-0.15, -0.1) is 0 Å². The van der Waals surface area contributed by atoms with E-state index in [1.54, 1.807) is 19.1 Å². The van der Waals surface area contributed by atoms with Crippen molar-refractivity contribution in [3.8, 4) is 6.07 Å². The molecular weight excluding hydrogens is 424 g/mol. The molecule has 0 saturated heterocycles. The highest BCUT2D eigenvalue weighted by molar-refractivity contribution is 6.13. The third kappa shape index (κ3) is 6.19. The molecule has 0 aliphatic heterocycles. The van der Waals surface area contributed by atoms with E-state index in [9.17, 15) is 4.79 Å². The third-order valence-corrected chi connectivity index (χ3v) is 5.86. The Balaban J connectivity index is 2.28. The Labute approximate surface area is 202 Å². The van der Waals surface area contributed by atoms with Crippen LogP contribution in [0.1, 0.15) is 40.2 Å². The largest absolute Gasteiger partial charge is 0.397 e. The predicted molar refractivity (Wildman–Crippen MR) is 140 cm³/mol. The molecule has 34 heavy (non-hydrogen) atoms. The van der Waals surface area contributed by atoms with Crippen molar-refractivity contribution in [2.75, 3.05) is 11.9 Å². The summed E-state index contributed by atoms with van der Waals surface area (Å²) in [7, 11) is 0. The summed E-state index contributed by atoms with van der Waals surface area (Å²) in [5, 5.41) is 15.8. The van der Waals surface area contributed by atoms with Crippen LogP contribution in [0.25, 0.3) is 0 Å². The number of anilines is 1. The van der Waals surface area contributed by atoms with Crippen LogP contribution in [0.15, 0.2) is 87.9 Å². The summed E-state index contributed by atoms with van der Waals surface area (Å²) < 4.78 is 0. The Morgan fingerprint density at radius 2 is 1.91 bits per heavy atom. The first-order chi connectivity index (χ1) is 15.9. The molecule has 0 fully saturated rings. The van der Waals surface area contributed by atoms with Gasteiger partial charge in [-0.3, -0.25) is 9.79 Å². The second-order valence-electron chi connectivity index (χ2n) is 8.88. The number of rotatable bonds is 10. The molecule has 6 N–H and O–H groups in total. The van der Waals surface area contributed by atoms with Crippen LogP contribution >= 0.6 is 0 Å². The summed E-state index contributed by atoms with van der Waals surface area (Å²) in [6, 6.07) is 9.62.